The first kappa shape index (κ1) is 27.1. The molecule has 0 aromatic heterocycles. The van der Waals surface area contributed by atoms with Crippen LogP contribution in [0.15, 0.2) is 0 Å². The van der Waals surface area contributed by atoms with Gasteiger partial charge in [-0.3, -0.25) is 19.2 Å². The van der Waals surface area contributed by atoms with Crippen LogP contribution in [0.3, 0.4) is 0 Å². The van der Waals surface area contributed by atoms with Crippen molar-refractivity contribution in [1.29, 1.82) is 0 Å². The Morgan fingerprint density at radius 3 is 2.00 bits per heavy atom. The SMILES string of the molecule is CC(=O)OCCNc1c(I)c(N)c(I)c(C(OC(C)=O)C(=O)C(C)OC(C)=O)c1I. The topological polar surface area (TPSA) is 134 Å². The second kappa shape index (κ2) is 12.2. The van der Waals surface area contributed by atoms with E-state index in [1.165, 1.54) is 27.7 Å². The Labute approximate surface area is 214 Å². The summed E-state index contributed by atoms with van der Waals surface area (Å²) >= 11 is 6.09. The standard InChI is InChI=1S/C18H21I3N2O7/c1-7(29-9(3)25)17(27)18(30-10(4)26)11-12(19)15(22)14(21)16(13(11)20)23-5-6-28-8(2)24/h7,18,23H,5-6,22H2,1-4H3. The number of carbonyl (C=O) groups is 4. The predicted octanol–water partition coefficient (Wildman–Crippen LogP) is 3.18. The summed E-state index contributed by atoms with van der Waals surface area (Å²) in [7, 11) is 0. The van der Waals surface area contributed by atoms with E-state index in [9.17, 15) is 19.2 Å². The molecule has 0 radical (unpaired) electrons. The van der Waals surface area contributed by atoms with E-state index in [-0.39, 0.29) is 6.61 Å². The number of halogens is 3. The van der Waals surface area contributed by atoms with Crippen LogP contribution in [0.1, 0.15) is 39.4 Å². The molecule has 0 aliphatic rings. The monoisotopic (exact) mass is 758 g/mol. The van der Waals surface area contributed by atoms with E-state index < -0.39 is 35.9 Å². The highest BCUT2D eigenvalue weighted by Gasteiger charge is 2.35. The van der Waals surface area contributed by atoms with E-state index in [4.69, 9.17) is 19.9 Å². The largest absolute Gasteiger partial charge is 0.464 e. The number of carbonyl (C=O) groups excluding carboxylic acids is 4. The van der Waals surface area contributed by atoms with E-state index in [0.717, 1.165) is 0 Å². The molecule has 0 aliphatic heterocycles. The summed E-state index contributed by atoms with van der Waals surface area (Å²) < 4.78 is 17.1. The molecular formula is C18H21I3N2O7. The number of nitrogen functional groups attached to an aromatic ring is 1. The average Bonchev–Trinajstić information content (AvgIpc) is 2.63. The smallest absolute Gasteiger partial charge is 0.303 e. The van der Waals surface area contributed by atoms with Gasteiger partial charge in [-0.05, 0) is 74.7 Å². The number of hydrogen-bond acceptors (Lipinski definition) is 9. The molecule has 9 nitrogen and oxygen atoms in total. The molecule has 1 aromatic rings. The number of nitrogens with two attached hydrogens (primary N) is 1. The van der Waals surface area contributed by atoms with E-state index in [1.807, 2.05) is 45.2 Å². The quantitative estimate of drug-likeness (QED) is 0.128. The van der Waals surface area contributed by atoms with E-state index in [2.05, 4.69) is 27.9 Å². The molecule has 0 fully saturated rings. The summed E-state index contributed by atoms with van der Waals surface area (Å²) in [4.78, 5) is 46.9. The lowest BCUT2D eigenvalue weighted by molar-refractivity contribution is -0.162. The minimum atomic E-state index is -1.32. The zero-order valence-electron chi connectivity index (χ0n) is 16.6. The minimum Gasteiger partial charge on any atom is -0.464 e. The number of benzene rings is 1. The Balaban J connectivity index is 3.44. The van der Waals surface area contributed by atoms with Crippen LogP contribution in [0.4, 0.5) is 11.4 Å². The van der Waals surface area contributed by atoms with Crippen LogP contribution in [0, 0.1) is 10.7 Å². The second-order valence-electron chi connectivity index (χ2n) is 6.05. The molecule has 3 N–H and O–H groups in total. The van der Waals surface area contributed by atoms with Gasteiger partial charge in [-0.25, -0.2) is 0 Å². The highest BCUT2D eigenvalue weighted by atomic mass is 127. The summed E-state index contributed by atoms with van der Waals surface area (Å²) in [6, 6.07) is 0. The molecule has 1 aromatic carbocycles. The number of ketones is 1. The Kier molecular flexibility index (Phi) is 11.0. The molecule has 0 bridgehead atoms. The lowest BCUT2D eigenvalue weighted by Gasteiger charge is -2.25. The van der Waals surface area contributed by atoms with Crippen molar-refractivity contribution in [3.63, 3.8) is 0 Å². The molecule has 1 rings (SSSR count). The lowest BCUT2D eigenvalue weighted by Crippen LogP contribution is -2.32. The molecule has 0 saturated heterocycles. The average molecular weight is 758 g/mol. The third-order valence-electron chi connectivity index (χ3n) is 3.64. The van der Waals surface area contributed by atoms with Crippen LogP contribution in [0.25, 0.3) is 0 Å². The van der Waals surface area contributed by atoms with Crippen LogP contribution in [-0.4, -0.2) is 42.9 Å². The van der Waals surface area contributed by atoms with Crippen molar-refractivity contribution in [2.45, 2.75) is 39.9 Å². The summed E-state index contributed by atoms with van der Waals surface area (Å²) in [5, 5.41) is 3.14. The van der Waals surface area contributed by atoms with Crippen molar-refractivity contribution >= 4 is 103 Å². The number of rotatable bonds is 9. The van der Waals surface area contributed by atoms with Crippen molar-refractivity contribution in [2.75, 3.05) is 24.2 Å². The zero-order valence-corrected chi connectivity index (χ0v) is 23.1. The van der Waals surface area contributed by atoms with Crippen LogP contribution >= 0.6 is 67.8 Å². The fourth-order valence-corrected chi connectivity index (χ4v) is 6.52. The number of nitrogens with one attached hydrogen (secondary N) is 1. The molecular weight excluding hydrogens is 737 g/mol. The third kappa shape index (κ3) is 7.35. The van der Waals surface area contributed by atoms with E-state index in [1.54, 1.807) is 0 Å². The molecule has 0 heterocycles. The molecule has 30 heavy (non-hydrogen) atoms. The summed E-state index contributed by atoms with van der Waals surface area (Å²) in [5.74, 6) is -2.29. The molecule has 0 aliphatic carbocycles. The highest BCUT2D eigenvalue weighted by Crippen LogP contribution is 2.41. The summed E-state index contributed by atoms with van der Waals surface area (Å²) in [6.07, 6.45) is -2.44. The third-order valence-corrected chi connectivity index (χ3v) is 7.04. The predicted molar refractivity (Wildman–Crippen MR) is 135 cm³/mol. The first-order chi connectivity index (χ1) is 13.9. The Morgan fingerprint density at radius 1 is 0.933 bits per heavy atom. The maximum atomic E-state index is 13.0. The van der Waals surface area contributed by atoms with Crippen LogP contribution in [0.5, 0.6) is 0 Å². The van der Waals surface area contributed by atoms with Gasteiger partial charge in [0.1, 0.15) is 6.61 Å². The normalized spacial score (nSPS) is 12.5. The molecule has 0 spiro atoms. The van der Waals surface area contributed by atoms with E-state index in [0.29, 0.717) is 34.2 Å². The second-order valence-corrected chi connectivity index (χ2v) is 9.29. The van der Waals surface area contributed by atoms with Gasteiger partial charge in [0.2, 0.25) is 5.78 Å². The molecule has 2 atom stereocenters. The van der Waals surface area contributed by atoms with Crippen LogP contribution in [0.2, 0.25) is 0 Å². The van der Waals surface area contributed by atoms with Crippen molar-refractivity contribution in [3.8, 4) is 0 Å². The van der Waals surface area contributed by atoms with Gasteiger partial charge >= 0.3 is 17.9 Å². The van der Waals surface area contributed by atoms with Crippen LogP contribution < -0.4 is 11.1 Å². The van der Waals surface area contributed by atoms with Crippen molar-refractivity contribution in [1.82, 2.24) is 0 Å². The number of Topliss-reactive ketones (excluding diaryl/α,β-unsaturated/α-hetero) is 1. The van der Waals surface area contributed by atoms with Gasteiger partial charge < -0.3 is 25.3 Å². The van der Waals surface area contributed by atoms with Gasteiger partial charge in [0, 0.05) is 40.0 Å². The van der Waals surface area contributed by atoms with Gasteiger partial charge in [-0.2, -0.15) is 0 Å². The molecule has 0 amide bonds. The lowest BCUT2D eigenvalue weighted by atomic mass is 10.0. The summed E-state index contributed by atoms with van der Waals surface area (Å²) in [6.45, 7) is 5.54. The Morgan fingerprint density at radius 2 is 1.50 bits per heavy atom. The Hall–Kier alpha value is -0.910. The summed E-state index contributed by atoms with van der Waals surface area (Å²) in [5.41, 5.74) is 7.65. The Bertz CT molecular complexity index is 861. The van der Waals surface area contributed by atoms with Gasteiger partial charge in [0.15, 0.2) is 12.2 Å². The fourth-order valence-electron chi connectivity index (χ4n) is 2.41. The molecule has 166 valence electrons. The zero-order chi connectivity index (χ0) is 23.2. The van der Waals surface area contributed by atoms with Gasteiger partial charge in [0.05, 0.1) is 14.9 Å². The maximum absolute atomic E-state index is 13.0. The van der Waals surface area contributed by atoms with Crippen molar-refractivity contribution in [2.24, 2.45) is 0 Å². The van der Waals surface area contributed by atoms with Crippen molar-refractivity contribution < 1.29 is 33.4 Å². The first-order valence-corrected chi connectivity index (χ1v) is 11.8. The fraction of sp³-hybridized carbons (Fsp3) is 0.444. The number of anilines is 2. The van der Waals surface area contributed by atoms with Gasteiger partial charge in [0.25, 0.3) is 0 Å². The van der Waals surface area contributed by atoms with Crippen molar-refractivity contribution in [3.05, 3.63) is 16.3 Å². The molecule has 2 unspecified atom stereocenters. The number of ether oxygens (including phenoxy) is 3. The highest BCUT2D eigenvalue weighted by molar-refractivity contribution is 14.1. The van der Waals surface area contributed by atoms with Gasteiger partial charge in [-0.15, -0.1) is 0 Å². The first-order valence-electron chi connectivity index (χ1n) is 8.59. The maximum Gasteiger partial charge on any atom is 0.303 e. The van der Waals surface area contributed by atoms with Gasteiger partial charge in [-0.1, -0.05) is 0 Å². The van der Waals surface area contributed by atoms with E-state index >= 15 is 0 Å². The molecule has 0 saturated carbocycles. The minimum absolute atomic E-state index is 0.137. The van der Waals surface area contributed by atoms with Crippen LogP contribution in [-0.2, 0) is 33.4 Å². The number of hydrogen-bond donors (Lipinski definition) is 2. The molecule has 12 heteroatoms. The number of esters is 3.